The lowest BCUT2D eigenvalue weighted by Gasteiger charge is -2.40. The first-order chi connectivity index (χ1) is 21.3. The smallest absolute Gasteiger partial charge is 0.262 e. The lowest BCUT2D eigenvalue weighted by molar-refractivity contribution is 0.0608. The van der Waals surface area contributed by atoms with Crippen molar-refractivity contribution >= 4 is 58.4 Å². The first kappa shape index (κ1) is 25.6. The van der Waals surface area contributed by atoms with Crippen LogP contribution in [0.1, 0.15) is 37.9 Å². The van der Waals surface area contributed by atoms with E-state index in [1.165, 1.54) is 30.2 Å². The van der Waals surface area contributed by atoms with Crippen LogP contribution in [0.25, 0.3) is 0 Å². The Labute approximate surface area is 250 Å². The van der Waals surface area contributed by atoms with Crippen molar-refractivity contribution in [3.05, 3.63) is 84.0 Å². The monoisotopic (exact) mass is 585 g/mol. The van der Waals surface area contributed by atoms with Crippen LogP contribution < -0.4 is 19.6 Å². The van der Waals surface area contributed by atoms with Gasteiger partial charge in [-0.3, -0.25) is 14.5 Å². The zero-order valence-electron chi connectivity index (χ0n) is 24.0. The molecule has 15 nitrogen and oxygen atoms in total. The number of carbonyl (C=O) groups is 2. The molecule has 0 saturated heterocycles. The summed E-state index contributed by atoms with van der Waals surface area (Å²) in [5.74, 6) is 3.14. The van der Waals surface area contributed by atoms with Gasteiger partial charge in [-0.1, -0.05) is 12.1 Å². The van der Waals surface area contributed by atoms with Gasteiger partial charge < -0.3 is 19.6 Å². The standard InChI is InChI=1S/C29H23N13O2/c1-38-17-9-19(32-11-30-17)39(2)24-21-23(42-28(43)15-7-5-6-8-16(15)29(42)44)22-25(40(3)20-10-18(38)31-12-33-20)35-14-37-27(22)41(4)26(21)36-13-34-24/h5-14,23H,1-4H3. The van der Waals surface area contributed by atoms with E-state index < -0.39 is 17.9 Å². The van der Waals surface area contributed by atoms with Crippen molar-refractivity contribution in [3.63, 3.8) is 0 Å². The van der Waals surface area contributed by atoms with E-state index in [2.05, 4.69) is 39.9 Å². The lowest BCUT2D eigenvalue weighted by Crippen LogP contribution is -2.41. The highest BCUT2D eigenvalue weighted by Gasteiger charge is 2.49. The number of carbonyl (C=O) groups excluding carboxylic acids is 2. The van der Waals surface area contributed by atoms with Crippen LogP contribution in [0.5, 0.6) is 0 Å². The number of imide groups is 1. The molecule has 5 aromatic rings. The fourth-order valence-electron chi connectivity index (χ4n) is 6.00. The van der Waals surface area contributed by atoms with Gasteiger partial charge in [0.1, 0.15) is 77.9 Å². The summed E-state index contributed by atoms with van der Waals surface area (Å²) in [7, 11) is 7.30. The molecule has 0 aliphatic carbocycles. The van der Waals surface area contributed by atoms with Gasteiger partial charge in [0.05, 0.1) is 22.3 Å². The highest BCUT2D eigenvalue weighted by Crippen LogP contribution is 2.52. The number of hydrogen-bond donors (Lipinski definition) is 0. The molecule has 0 unspecified atom stereocenters. The van der Waals surface area contributed by atoms with Crippen molar-refractivity contribution in [3.8, 4) is 0 Å². The minimum absolute atomic E-state index is 0.316. The molecule has 0 saturated carbocycles. The van der Waals surface area contributed by atoms with Crippen LogP contribution in [0.3, 0.4) is 0 Å². The van der Waals surface area contributed by atoms with Gasteiger partial charge in [-0.2, -0.15) is 0 Å². The summed E-state index contributed by atoms with van der Waals surface area (Å²) in [6, 6.07) is 9.39. The SMILES string of the molecule is CN1c2cc(ncn2)N(C)c2ncnc3c2C(N2C(=O)c4ccccc4C2=O)c2c(ncnc2N3C)N(C)c2cc1ncn2. The third-order valence-corrected chi connectivity index (χ3v) is 8.24. The number of aromatic nitrogens is 8. The van der Waals surface area contributed by atoms with Crippen molar-refractivity contribution in [2.24, 2.45) is 0 Å². The number of benzene rings is 1. The number of anilines is 8. The predicted molar refractivity (Wildman–Crippen MR) is 159 cm³/mol. The van der Waals surface area contributed by atoms with E-state index in [-0.39, 0.29) is 0 Å². The van der Waals surface area contributed by atoms with Gasteiger partial charge in [0.2, 0.25) is 0 Å². The molecule has 3 aliphatic rings. The third kappa shape index (κ3) is 3.43. The van der Waals surface area contributed by atoms with Gasteiger partial charge in [0.15, 0.2) is 0 Å². The Kier molecular flexibility index (Phi) is 5.34. The third-order valence-electron chi connectivity index (χ3n) is 8.24. The Bertz CT molecular complexity index is 1890. The molecule has 7 heterocycles. The molecule has 0 spiro atoms. The fraction of sp³-hybridized carbons (Fsp3) is 0.172. The molecular weight excluding hydrogens is 562 g/mol. The normalized spacial score (nSPS) is 15.5. The molecule has 0 N–H and O–H groups in total. The zero-order chi connectivity index (χ0) is 30.3. The van der Waals surface area contributed by atoms with Crippen LogP contribution in [0.15, 0.2) is 61.7 Å². The van der Waals surface area contributed by atoms with Gasteiger partial charge >= 0.3 is 0 Å². The molecule has 8 rings (SSSR count). The minimum atomic E-state index is -1.01. The second-order valence-corrected chi connectivity index (χ2v) is 10.5. The molecule has 2 amide bonds. The molecule has 0 atom stereocenters. The Balaban J connectivity index is 1.48. The van der Waals surface area contributed by atoms with Crippen LogP contribution in [-0.4, -0.2) is 84.8 Å². The molecule has 6 bridgehead atoms. The van der Waals surface area contributed by atoms with Crippen molar-refractivity contribution < 1.29 is 9.59 Å². The summed E-state index contributed by atoms with van der Waals surface area (Å²) < 4.78 is 0. The van der Waals surface area contributed by atoms with Crippen LogP contribution in [0.4, 0.5) is 46.5 Å². The van der Waals surface area contributed by atoms with Crippen LogP contribution in [-0.2, 0) is 0 Å². The maximum atomic E-state index is 14.1. The Morgan fingerprint density at radius 1 is 0.500 bits per heavy atom. The van der Waals surface area contributed by atoms with Crippen molar-refractivity contribution in [1.82, 2.24) is 44.8 Å². The molecular formula is C29H23N13O2. The molecule has 3 aliphatic heterocycles. The van der Waals surface area contributed by atoms with Gasteiger partial charge in [0.25, 0.3) is 11.8 Å². The molecule has 1 aromatic carbocycles. The van der Waals surface area contributed by atoms with E-state index in [9.17, 15) is 9.59 Å². The summed E-state index contributed by atoms with van der Waals surface area (Å²) in [5.41, 5.74) is 1.66. The number of rotatable bonds is 1. The molecule has 0 radical (unpaired) electrons. The minimum Gasteiger partial charge on any atom is -0.314 e. The molecule has 0 fully saturated rings. The first-order valence-corrected chi connectivity index (χ1v) is 13.6. The number of fused-ring (bicyclic) bond motifs is 5. The maximum Gasteiger partial charge on any atom is 0.262 e. The summed E-state index contributed by atoms with van der Waals surface area (Å²) in [5, 5.41) is 0. The van der Waals surface area contributed by atoms with Gasteiger partial charge in [-0.15, -0.1) is 0 Å². The summed E-state index contributed by atoms with van der Waals surface area (Å²) in [6.45, 7) is 0. The van der Waals surface area contributed by atoms with E-state index in [1.54, 1.807) is 46.2 Å². The van der Waals surface area contributed by atoms with Crippen molar-refractivity contribution in [2.75, 3.05) is 47.8 Å². The maximum absolute atomic E-state index is 14.1. The predicted octanol–water partition coefficient (Wildman–Crippen LogP) is 2.93. The van der Waals surface area contributed by atoms with E-state index in [4.69, 9.17) is 0 Å². The molecule has 44 heavy (non-hydrogen) atoms. The molecule has 216 valence electrons. The highest BCUT2D eigenvalue weighted by atomic mass is 16.2. The summed E-state index contributed by atoms with van der Waals surface area (Å²) in [6.07, 6.45) is 5.80. The summed E-state index contributed by atoms with van der Waals surface area (Å²) >= 11 is 0. The quantitative estimate of drug-likeness (QED) is 0.265. The lowest BCUT2D eigenvalue weighted by atomic mass is 9.93. The van der Waals surface area contributed by atoms with Gasteiger partial charge in [0, 0.05) is 40.3 Å². The Morgan fingerprint density at radius 3 is 1.30 bits per heavy atom. The van der Waals surface area contributed by atoms with E-state index in [0.29, 0.717) is 68.8 Å². The zero-order valence-corrected chi connectivity index (χ0v) is 24.0. The largest absolute Gasteiger partial charge is 0.314 e. The average molecular weight is 586 g/mol. The molecule has 4 aromatic heterocycles. The van der Waals surface area contributed by atoms with Crippen LogP contribution >= 0.6 is 0 Å². The van der Waals surface area contributed by atoms with E-state index in [1.807, 2.05) is 38.0 Å². The van der Waals surface area contributed by atoms with Gasteiger partial charge in [-0.25, -0.2) is 39.9 Å². The average Bonchev–Trinajstić information content (AvgIpc) is 3.32. The number of nitrogens with zero attached hydrogens (tertiary/aromatic N) is 13. The Morgan fingerprint density at radius 2 is 0.864 bits per heavy atom. The van der Waals surface area contributed by atoms with Crippen LogP contribution in [0.2, 0.25) is 0 Å². The highest BCUT2D eigenvalue weighted by molar-refractivity contribution is 6.22. The second-order valence-electron chi connectivity index (χ2n) is 10.5. The number of hydrogen-bond acceptors (Lipinski definition) is 14. The van der Waals surface area contributed by atoms with E-state index in [0.717, 1.165) is 0 Å². The van der Waals surface area contributed by atoms with Crippen molar-refractivity contribution in [2.45, 2.75) is 6.04 Å². The van der Waals surface area contributed by atoms with Gasteiger partial charge in [-0.05, 0) is 12.1 Å². The fourth-order valence-corrected chi connectivity index (χ4v) is 6.00. The Hall–Kier alpha value is -6.12. The van der Waals surface area contributed by atoms with E-state index >= 15 is 0 Å². The van der Waals surface area contributed by atoms with Crippen LogP contribution in [0, 0.1) is 0 Å². The molecule has 15 heteroatoms. The second kappa shape index (κ2) is 9.19. The van der Waals surface area contributed by atoms with Crippen molar-refractivity contribution in [1.29, 1.82) is 0 Å². The summed E-state index contributed by atoms with van der Waals surface area (Å²) in [4.78, 5) is 73.4. The number of amides is 2. The first-order valence-electron chi connectivity index (χ1n) is 13.6. The topological polar surface area (TPSA) is 153 Å².